The highest BCUT2D eigenvalue weighted by Crippen LogP contribution is 2.45. The number of pyridine rings is 1. The summed E-state index contributed by atoms with van der Waals surface area (Å²) >= 11 is 6.96. The fourth-order valence-electron chi connectivity index (χ4n) is 9.03. The number of nitrogens with zero attached hydrogens (tertiary/aromatic N) is 6. The number of β-amino-alcohol motifs (C(OH)–C–C–N with tert-alkyl or cyclic N) is 1. The van der Waals surface area contributed by atoms with Crippen molar-refractivity contribution in [2.45, 2.75) is 103 Å². The normalized spacial score (nSPS) is 17.9. The molecule has 0 bridgehead atoms. The molecule has 4 N–H and O–H groups in total. The molecule has 0 saturated carbocycles. The molecule has 3 amide bonds. The summed E-state index contributed by atoms with van der Waals surface area (Å²) in [5, 5.41) is 35.9. The van der Waals surface area contributed by atoms with Gasteiger partial charge in [0.05, 0.1) is 69.1 Å². The third kappa shape index (κ3) is 12.6. The van der Waals surface area contributed by atoms with Gasteiger partial charge in [-0.15, -0.1) is 11.3 Å². The minimum Gasteiger partial charge on any atom is -0.494 e. The third-order valence-corrected chi connectivity index (χ3v) is 14.4. The Morgan fingerprint density at radius 3 is 2.30 bits per heavy atom. The molecule has 25 heteroatoms. The van der Waals surface area contributed by atoms with Gasteiger partial charge in [0.2, 0.25) is 17.7 Å². The van der Waals surface area contributed by atoms with E-state index >= 15 is 8.78 Å². The summed E-state index contributed by atoms with van der Waals surface area (Å²) in [7, 11) is 0. The molecule has 7 rings (SSSR count). The number of aliphatic hydroxyl groups is 2. The standard InChI is InChI=1S/C52H52F8N8O7S2/c1-27(2)43(47(72)66-24-33(69)19-39(66)46(71)63-22-29-8-10-30(11-9-29)45-28(3)64-26-77-45)65-40(70)25-74-16-6-7-17-75-34-13-14-35(36(20-34)51(55,56)57)44-37(53)18-32(23-62-44)68-49(76)67(48(73)50(68,4)5)38-15-12-31(21-61)41(42(38)54)52(58,59)60/h8-15,18,20,23,26-27,33,39,43,48,69,73H,6-7,16-17,19,22,24-25H2,1-5H3,(H,63,71)(H,65,70)/t33-,39+,43+,48?/m1/s1. The number of hydrogen-bond acceptors (Lipinski definition) is 12. The van der Waals surface area contributed by atoms with Crippen molar-refractivity contribution in [3.63, 3.8) is 0 Å². The number of thiazole rings is 1. The Kier molecular flexibility index (Phi) is 17.6. The third-order valence-electron chi connectivity index (χ3n) is 13.0. The summed E-state index contributed by atoms with van der Waals surface area (Å²) in [6.45, 7) is 7.62. The second kappa shape index (κ2) is 23.4. The van der Waals surface area contributed by atoms with E-state index < -0.39 is 123 Å². The van der Waals surface area contributed by atoms with E-state index in [1.807, 2.05) is 31.2 Å². The van der Waals surface area contributed by atoms with Crippen LogP contribution in [0.4, 0.5) is 46.5 Å². The van der Waals surface area contributed by atoms with E-state index in [9.17, 15) is 56.2 Å². The fourth-order valence-corrected chi connectivity index (χ4v) is 10.4. The van der Waals surface area contributed by atoms with E-state index in [1.165, 1.54) is 42.2 Å². The van der Waals surface area contributed by atoms with Crippen LogP contribution in [-0.2, 0) is 38.0 Å². The van der Waals surface area contributed by atoms with Crippen LogP contribution in [0.15, 0.2) is 72.4 Å². The Labute approximate surface area is 446 Å². The highest BCUT2D eigenvalue weighted by molar-refractivity contribution is 7.80. The number of nitriles is 1. The molecular formula is C52H52F8N8O7S2. The predicted molar refractivity (Wildman–Crippen MR) is 271 cm³/mol. The summed E-state index contributed by atoms with van der Waals surface area (Å²) in [5.74, 6) is -5.44. The molecule has 1 unspecified atom stereocenters. The number of unbranched alkanes of at least 4 members (excludes halogenated alkanes) is 1. The number of aryl methyl sites for hydroxylation is 1. The van der Waals surface area contributed by atoms with Crippen molar-refractivity contribution in [3.05, 3.63) is 112 Å². The number of halogens is 8. The van der Waals surface area contributed by atoms with Gasteiger partial charge in [0, 0.05) is 37.7 Å². The van der Waals surface area contributed by atoms with E-state index in [-0.39, 0.29) is 50.6 Å². The number of likely N-dealkylation sites (tertiary alicyclic amines) is 1. The largest absolute Gasteiger partial charge is 0.494 e. The number of benzene rings is 3. The first-order chi connectivity index (χ1) is 36.2. The molecule has 2 fully saturated rings. The molecule has 2 aliphatic rings. The molecule has 4 heterocycles. The van der Waals surface area contributed by atoms with Crippen LogP contribution in [0.2, 0.25) is 0 Å². The van der Waals surface area contributed by atoms with Gasteiger partial charge in [-0.25, -0.2) is 13.8 Å². The predicted octanol–water partition coefficient (Wildman–Crippen LogP) is 8.67. The number of amides is 3. The van der Waals surface area contributed by atoms with Gasteiger partial charge in [0.1, 0.15) is 35.7 Å². The van der Waals surface area contributed by atoms with Gasteiger partial charge in [-0.1, -0.05) is 38.1 Å². The molecule has 0 aliphatic carbocycles. The van der Waals surface area contributed by atoms with Crippen molar-refractivity contribution < 1.29 is 69.2 Å². The molecule has 0 radical (unpaired) electrons. The van der Waals surface area contributed by atoms with Crippen molar-refractivity contribution in [3.8, 4) is 33.5 Å². The molecular weight excluding hydrogens is 1060 g/mol. The highest BCUT2D eigenvalue weighted by Gasteiger charge is 2.52. The number of hydrogen-bond donors (Lipinski definition) is 4. The minimum absolute atomic E-state index is 0.0122. The molecule has 4 atom stereocenters. The molecule has 3 aromatic carbocycles. The molecule has 5 aromatic rings. The zero-order valence-corrected chi connectivity index (χ0v) is 43.6. The topological polar surface area (TPSA) is 193 Å². The first-order valence-corrected chi connectivity index (χ1v) is 25.3. The van der Waals surface area contributed by atoms with Crippen LogP contribution in [0.25, 0.3) is 21.7 Å². The molecule has 0 spiro atoms. The lowest BCUT2D eigenvalue weighted by Gasteiger charge is -2.33. The van der Waals surface area contributed by atoms with Crippen LogP contribution in [0.5, 0.6) is 5.75 Å². The summed E-state index contributed by atoms with van der Waals surface area (Å²) < 4.78 is 128. The first-order valence-electron chi connectivity index (χ1n) is 24.0. The number of carbonyl (C=O) groups is 3. The Balaban J connectivity index is 0.902. The van der Waals surface area contributed by atoms with Gasteiger partial charge in [0.25, 0.3) is 0 Å². The maximum Gasteiger partial charge on any atom is 0.420 e. The van der Waals surface area contributed by atoms with E-state index in [4.69, 9.17) is 21.7 Å². The van der Waals surface area contributed by atoms with E-state index in [0.29, 0.717) is 23.5 Å². The molecule has 77 heavy (non-hydrogen) atoms. The van der Waals surface area contributed by atoms with Gasteiger partial charge in [-0.3, -0.25) is 24.3 Å². The number of carbonyl (C=O) groups excluding carboxylic acids is 3. The minimum atomic E-state index is -5.31. The Bertz CT molecular complexity index is 3060. The van der Waals surface area contributed by atoms with Crippen LogP contribution in [-0.4, -0.2) is 104 Å². The lowest BCUT2D eigenvalue weighted by molar-refractivity contribution is -0.143. The van der Waals surface area contributed by atoms with Gasteiger partial charge in [-0.05, 0) is 93.2 Å². The molecule has 410 valence electrons. The number of anilines is 2. The summed E-state index contributed by atoms with van der Waals surface area (Å²) in [6, 6.07) is 11.9. The molecule has 2 saturated heterocycles. The summed E-state index contributed by atoms with van der Waals surface area (Å²) in [6.07, 6.45) is -11.7. The zero-order chi connectivity index (χ0) is 56.3. The zero-order valence-electron chi connectivity index (χ0n) is 41.9. The maximum atomic E-state index is 15.9. The smallest absolute Gasteiger partial charge is 0.420 e. The van der Waals surface area contributed by atoms with Crippen molar-refractivity contribution in [1.29, 1.82) is 5.26 Å². The van der Waals surface area contributed by atoms with Crippen LogP contribution >= 0.6 is 23.6 Å². The number of ether oxygens (including phenoxy) is 2. The molecule has 2 aliphatic heterocycles. The number of thiocarbonyl (C=S) groups is 1. The average Bonchev–Trinajstić information content (AvgIpc) is 4.11. The lowest BCUT2D eigenvalue weighted by atomic mass is 10.00. The summed E-state index contributed by atoms with van der Waals surface area (Å²) in [4.78, 5) is 52.4. The van der Waals surface area contributed by atoms with E-state index in [0.717, 1.165) is 51.0 Å². The van der Waals surface area contributed by atoms with Crippen LogP contribution < -0.4 is 25.2 Å². The Hall–Kier alpha value is -6.85. The number of alkyl halides is 6. The second-order valence-electron chi connectivity index (χ2n) is 19.2. The Morgan fingerprint density at radius 1 is 0.974 bits per heavy atom. The van der Waals surface area contributed by atoms with Gasteiger partial charge in [-0.2, -0.15) is 31.6 Å². The van der Waals surface area contributed by atoms with Crippen molar-refractivity contribution in [2.24, 2.45) is 5.92 Å². The fraction of sp³-hybridized carbons (Fsp3) is 0.404. The molecule has 15 nitrogen and oxygen atoms in total. The van der Waals surface area contributed by atoms with Crippen molar-refractivity contribution in [2.75, 3.05) is 36.2 Å². The van der Waals surface area contributed by atoms with E-state index in [1.54, 1.807) is 19.4 Å². The quantitative estimate of drug-likeness (QED) is 0.0370. The lowest BCUT2D eigenvalue weighted by Crippen LogP contribution is -2.55. The average molecular weight is 1120 g/mol. The number of rotatable bonds is 18. The van der Waals surface area contributed by atoms with Crippen molar-refractivity contribution >= 4 is 57.8 Å². The monoisotopic (exact) mass is 1120 g/mol. The SMILES string of the molecule is Cc1ncsc1-c1ccc(CNC(=O)[C@@H]2C[C@@H](O)CN2C(=O)[C@@H](NC(=O)COCCCCOc2ccc(-c3ncc(N4C(=S)N(c5ccc(C#N)c(C(F)(F)F)c5F)C(O)C4(C)C)cc3F)c(C(F)(F)F)c2)C(C)C)cc1. The first kappa shape index (κ1) is 57.8. The van der Waals surface area contributed by atoms with Crippen LogP contribution in [0.1, 0.15) is 74.9 Å². The second-order valence-corrected chi connectivity index (χ2v) is 20.4. The van der Waals surface area contributed by atoms with Gasteiger partial charge >= 0.3 is 12.4 Å². The van der Waals surface area contributed by atoms with E-state index in [2.05, 4.69) is 20.6 Å². The van der Waals surface area contributed by atoms with Crippen molar-refractivity contribution in [1.82, 2.24) is 25.5 Å². The Morgan fingerprint density at radius 2 is 1.68 bits per heavy atom. The van der Waals surface area contributed by atoms with Gasteiger partial charge < -0.3 is 40.1 Å². The molecule has 2 aromatic heterocycles. The number of aromatic nitrogens is 2. The summed E-state index contributed by atoms with van der Waals surface area (Å²) in [5.41, 5.74) is -3.85. The maximum absolute atomic E-state index is 15.9. The highest BCUT2D eigenvalue weighted by atomic mass is 32.1. The van der Waals surface area contributed by atoms with Crippen LogP contribution in [0.3, 0.4) is 0 Å². The van der Waals surface area contributed by atoms with Gasteiger partial charge in [0.15, 0.2) is 23.0 Å². The number of nitrogens with one attached hydrogen (secondary N) is 2. The van der Waals surface area contributed by atoms with Crippen LogP contribution in [0, 0.1) is 35.8 Å². The number of aliphatic hydroxyl groups excluding tert-OH is 2.